The maximum Gasteiger partial charge on any atom is 0.227 e. The van der Waals surface area contributed by atoms with Crippen LogP contribution in [0.3, 0.4) is 0 Å². The number of rotatable bonds is 3. The van der Waals surface area contributed by atoms with Gasteiger partial charge in [0.05, 0.1) is 18.5 Å². The number of carbonyl (C=O) groups is 2. The van der Waals surface area contributed by atoms with E-state index in [1.165, 1.54) is 11.1 Å². The van der Waals surface area contributed by atoms with E-state index >= 15 is 0 Å². The molecule has 3 heterocycles. The van der Waals surface area contributed by atoms with Crippen LogP contribution in [0.25, 0.3) is 0 Å². The van der Waals surface area contributed by atoms with Crippen LogP contribution >= 0.6 is 11.3 Å². The summed E-state index contributed by atoms with van der Waals surface area (Å²) in [4.78, 5) is 27.0. The van der Waals surface area contributed by atoms with Gasteiger partial charge in [0.25, 0.3) is 0 Å². The molecule has 0 atom stereocenters. The zero-order valence-corrected chi connectivity index (χ0v) is 11.1. The summed E-state index contributed by atoms with van der Waals surface area (Å²) in [6.07, 6.45) is 3.71. The van der Waals surface area contributed by atoms with Gasteiger partial charge < -0.3 is 9.32 Å². The second-order valence-electron chi connectivity index (χ2n) is 4.46. The minimum absolute atomic E-state index is 0.0112. The van der Waals surface area contributed by atoms with Crippen LogP contribution in [0.5, 0.6) is 0 Å². The molecule has 2 aromatic heterocycles. The van der Waals surface area contributed by atoms with Crippen molar-refractivity contribution in [2.75, 3.05) is 11.4 Å². The lowest BCUT2D eigenvalue weighted by atomic mass is 10.2. The monoisotopic (exact) mass is 275 g/mol. The van der Waals surface area contributed by atoms with Crippen molar-refractivity contribution in [3.8, 4) is 0 Å². The zero-order valence-electron chi connectivity index (χ0n) is 10.3. The van der Waals surface area contributed by atoms with Crippen LogP contribution in [-0.2, 0) is 11.2 Å². The second-order valence-corrected chi connectivity index (χ2v) is 5.46. The lowest BCUT2D eigenvalue weighted by Gasteiger charge is -2.19. The van der Waals surface area contributed by atoms with Gasteiger partial charge >= 0.3 is 0 Å². The number of nitrogens with zero attached hydrogens (tertiary/aromatic N) is 1. The Morgan fingerprint density at radius 2 is 2.26 bits per heavy atom. The van der Waals surface area contributed by atoms with E-state index in [1.807, 2.05) is 11.4 Å². The molecule has 0 saturated heterocycles. The molecule has 0 fully saturated rings. The first-order valence-electron chi connectivity index (χ1n) is 6.19. The highest BCUT2D eigenvalue weighted by Crippen LogP contribution is 2.31. The van der Waals surface area contributed by atoms with Crippen LogP contribution in [0, 0.1) is 0 Å². The number of hydrogen-bond acceptors (Lipinski definition) is 4. The van der Waals surface area contributed by atoms with Gasteiger partial charge in [0.15, 0.2) is 5.76 Å². The van der Waals surface area contributed by atoms with Crippen molar-refractivity contribution >= 4 is 28.7 Å². The van der Waals surface area contributed by atoms with Gasteiger partial charge in [-0.1, -0.05) is 0 Å². The molecule has 3 rings (SSSR count). The average Bonchev–Trinajstić information content (AvgIpc) is 3.05. The van der Waals surface area contributed by atoms with Gasteiger partial charge in [-0.2, -0.15) is 0 Å². The van der Waals surface area contributed by atoms with Crippen LogP contribution < -0.4 is 4.90 Å². The Morgan fingerprint density at radius 1 is 1.37 bits per heavy atom. The molecule has 1 amide bonds. The number of amides is 1. The smallest absolute Gasteiger partial charge is 0.227 e. The summed E-state index contributed by atoms with van der Waals surface area (Å²) in [7, 11) is 0. The van der Waals surface area contributed by atoms with E-state index in [4.69, 9.17) is 4.42 Å². The molecule has 0 aromatic carbocycles. The number of hydrogen-bond donors (Lipinski definition) is 0. The number of Topliss-reactive ketones (excluding diaryl/α,β-unsaturated/α-hetero) is 1. The fraction of sp³-hybridized carbons (Fsp3) is 0.286. The van der Waals surface area contributed by atoms with Gasteiger partial charge in [0, 0.05) is 11.3 Å². The minimum Gasteiger partial charge on any atom is -0.461 e. The number of aryl methyl sites for hydroxylation is 1. The molecule has 0 saturated carbocycles. The minimum atomic E-state index is -0.169. The molecule has 0 N–H and O–H groups in total. The van der Waals surface area contributed by atoms with E-state index in [9.17, 15) is 9.59 Å². The van der Waals surface area contributed by atoms with Crippen LogP contribution in [-0.4, -0.2) is 18.2 Å². The first kappa shape index (κ1) is 12.2. The van der Waals surface area contributed by atoms with Crippen molar-refractivity contribution in [1.82, 2.24) is 0 Å². The van der Waals surface area contributed by atoms with Gasteiger partial charge in [-0.25, -0.2) is 0 Å². The molecule has 0 bridgehead atoms. The van der Waals surface area contributed by atoms with Crippen molar-refractivity contribution in [3.63, 3.8) is 0 Å². The fourth-order valence-corrected chi connectivity index (χ4v) is 3.19. The summed E-state index contributed by atoms with van der Waals surface area (Å²) in [5.74, 6) is 0.142. The summed E-state index contributed by atoms with van der Waals surface area (Å²) in [6, 6.07) is 5.21. The summed E-state index contributed by atoms with van der Waals surface area (Å²) < 4.78 is 5.09. The molecule has 0 aliphatic carbocycles. The Balaban J connectivity index is 1.87. The number of carbonyl (C=O) groups excluding carboxylic acids is 2. The average molecular weight is 275 g/mol. The molecule has 98 valence electrons. The molecule has 0 spiro atoms. The first-order valence-corrected chi connectivity index (χ1v) is 7.07. The van der Waals surface area contributed by atoms with Gasteiger partial charge in [-0.15, -0.1) is 11.3 Å². The van der Waals surface area contributed by atoms with Crippen molar-refractivity contribution in [3.05, 3.63) is 40.5 Å². The maximum atomic E-state index is 12.1. The lowest BCUT2D eigenvalue weighted by molar-refractivity contribution is -0.118. The Labute approximate surface area is 114 Å². The predicted octanol–water partition coefficient (Wildman–Crippen LogP) is 2.89. The normalized spacial score (nSPS) is 15.2. The quantitative estimate of drug-likeness (QED) is 0.809. The molecule has 1 aliphatic rings. The Morgan fingerprint density at radius 3 is 3.05 bits per heavy atom. The number of thiophene rings is 1. The highest BCUT2D eigenvalue weighted by Gasteiger charge is 2.26. The number of ketones is 1. The molecule has 2 aromatic rings. The van der Waals surface area contributed by atoms with Gasteiger partial charge in [0.1, 0.15) is 0 Å². The standard InChI is InChI=1S/C14H13NO3S/c16-11(12-3-2-7-18-12)9-15-10-6-8-19-13(10)4-1-5-14(15)17/h2-3,6-8H,1,4-5,9H2. The lowest BCUT2D eigenvalue weighted by Crippen LogP contribution is -2.34. The molecule has 0 unspecified atom stereocenters. The predicted molar refractivity (Wildman–Crippen MR) is 72.6 cm³/mol. The van der Waals surface area contributed by atoms with Gasteiger partial charge in [0.2, 0.25) is 11.7 Å². The van der Waals surface area contributed by atoms with Crippen LogP contribution in [0.1, 0.15) is 28.3 Å². The van der Waals surface area contributed by atoms with Gasteiger partial charge in [-0.3, -0.25) is 9.59 Å². The molecular formula is C14H13NO3S. The van der Waals surface area contributed by atoms with Crippen LogP contribution in [0.4, 0.5) is 5.69 Å². The highest BCUT2D eigenvalue weighted by atomic mass is 32.1. The van der Waals surface area contributed by atoms with Crippen molar-refractivity contribution in [2.45, 2.75) is 19.3 Å². The van der Waals surface area contributed by atoms with E-state index < -0.39 is 0 Å². The summed E-state index contributed by atoms with van der Waals surface area (Å²) in [6.45, 7) is 0.0517. The third-order valence-electron chi connectivity index (χ3n) is 3.21. The van der Waals surface area contributed by atoms with E-state index in [2.05, 4.69) is 0 Å². The summed E-state index contributed by atoms with van der Waals surface area (Å²) in [5.41, 5.74) is 0.882. The van der Waals surface area contributed by atoms with Crippen LogP contribution in [0.2, 0.25) is 0 Å². The van der Waals surface area contributed by atoms with Crippen molar-refractivity contribution in [1.29, 1.82) is 0 Å². The third-order valence-corrected chi connectivity index (χ3v) is 4.18. The Hall–Kier alpha value is -1.88. The third kappa shape index (κ3) is 2.33. The maximum absolute atomic E-state index is 12.1. The molecule has 0 radical (unpaired) electrons. The largest absolute Gasteiger partial charge is 0.461 e. The van der Waals surface area contributed by atoms with E-state index in [1.54, 1.807) is 28.4 Å². The Bertz CT molecular complexity index is 600. The molecule has 4 nitrogen and oxygen atoms in total. The van der Waals surface area contributed by atoms with E-state index in [0.29, 0.717) is 12.2 Å². The number of fused-ring (bicyclic) bond motifs is 1. The van der Waals surface area contributed by atoms with Crippen LogP contribution in [0.15, 0.2) is 34.3 Å². The molecular weight excluding hydrogens is 262 g/mol. The molecule has 1 aliphatic heterocycles. The summed E-state index contributed by atoms with van der Waals surface area (Å²) >= 11 is 1.64. The summed E-state index contributed by atoms with van der Waals surface area (Å²) in [5, 5.41) is 1.97. The van der Waals surface area contributed by atoms with E-state index in [0.717, 1.165) is 18.5 Å². The van der Waals surface area contributed by atoms with Crippen molar-refractivity contribution in [2.24, 2.45) is 0 Å². The highest BCUT2D eigenvalue weighted by molar-refractivity contribution is 7.10. The Kier molecular flexibility index (Phi) is 3.21. The number of anilines is 1. The first-order chi connectivity index (χ1) is 9.25. The SMILES string of the molecule is O=C(CN1C(=O)CCCc2sccc21)c1ccco1. The van der Waals surface area contributed by atoms with E-state index in [-0.39, 0.29) is 18.2 Å². The number of furan rings is 1. The van der Waals surface area contributed by atoms with Crippen molar-refractivity contribution < 1.29 is 14.0 Å². The fourth-order valence-electron chi connectivity index (χ4n) is 2.26. The molecule has 19 heavy (non-hydrogen) atoms. The second kappa shape index (κ2) is 5.01. The zero-order chi connectivity index (χ0) is 13.2. The van der Waals surface area contributed by atoms with Gasteiger partial charge in [-0.05, 0) is 36.4 Å². The molecule has 5 heteroatoms. The topological polar surface area (TPSA) is 50.5 Å².